The summed E-state index contributed by atoms with van der Waals surface area (Å²) in [6, 6.07) is 7.92. The molecule has 0 fully saturated rings. The van der Waals surface area contributed by atoms with Crippen molar-refractivity contribution in [1.29, 1.82) is 0 Å². The summed E-state index contributed by atoms with van der Waals surface area (Å²) < 4.78 is 2.95. The van der Waals surface area contributed by atoms with Crippen molar-refractivity contribution < 1.29 is 4.79 Å². The molecule has 0 unspecified atom stereocenters. The van der Waals surface area contributed by atoms with E-state index < -0.39 is 0 Å². The van der Waals surface area contributed by atoms with Gasteiger partial charge in [-0.3, -0.25) is 4.79 Å². The number of carbonyl (C=O) groups excluding carboxylic acids is 1. The second-order valence-electron chi connectivity index (χ2n) is 3.63. The summed E-state index contributed by atoms with van der Waals surface area (Å²) in [7, 11) is 0. The molecular formula is C12H11BrN2O. The van der Waals surface area contributed by atoms with Crippen molar-refractivity contribution >= 4 is 21.7 Å². The van der Waals surface area contributed by atoms with Crippen LogP contribution < -0.4 is 0 Å². The number of Topliss-reactive ketones (excluding diaryl/α,β-unsaturated/α-hetero) is 1. The van der Waals surface area contributed by atoms with Crippen LogP contribution in [0.15, 0.2) is 41.3 Å². The van der Waals surface area contributed by atoms with E-state index in [9.17, 15) is 4.79 Å². The van der Waals surface area contributed by atoms with Crippen LogP contribution in [0.4, 0.5) is 0 Å². The van der Waals surface area contributed by atoms with E-state index in [0.717, 1.165) is 15.9 Å². The Hall–Kier alpha value is -1.42. The first-order chi connectivity index (χ1) is 7.65. The second kappa shape index (κ2) is 4.61. The molecule has 0 atom stereocenters. The van der Waals surface area contributed by atoms with Gasteiger partial charge in [0, 0.05) is 22.8 Å². The average Bonchev–Trinajstić information content (AvgIpc) is 2.66. The van der Waals surface area contributed by atoms with E-state index in [1.165, 1.54) is 0 Å². The third kappa shape index (κ3) is 2.58. The highest BCUT2D eigenvalue weighted by atomic mass is 79.9. The van der Waals surface area contributed by atoms with E-state index in [-0.39, 0.29) is 5.78 Å². The predicted octanol–water partition coefficient (Wildman–Crippen LogP) is 2.77. The van der Waals surface area contributed by atoms with Crippen LogP contribution in [0.2, 0.25) is 0 Å². The molecule has 1 aromatic heterocycles. The fourth-order valence-corrected chi connectivity index (χ4v) is 1.73. The van der Waals surface area contributed by atoms with E-state index >= 15 is 0 Å². The first-order valence-corrected chi connectivity index (χ1v) is 5.73. The summed E-state index contributed by atoms with van der Waals surface area (Å²) >= 11 is 3.39. The number of hydrogen-bond donors (Lipinski definition) is 0. The molecule has 3 nitrogen and oxygen atoms in total. The standard InChI is InChI=1S/C12H11BrN2O/c1-9(16)6-11-7-15(8-14-11)12-4-2-10(13)3-5-12/h2-5,7-8H,6H2,1H3. The maximum atomic E-state index is 10.9. The lowest BCUT2D eigenvalue weighted by Gasteiger charge is -2.00. The molecule has 0 spiro atoms. The van der Waals surface area contributed by atoms with Gasteiger partial charge in [0.25, 0.3) is 0 Å². The largest absolute Gasteiger partial charge is 0.306 e. The van der Waals surface area contributed by atoms with E-state index in [2.05, 4.69) is 20.9 Å². The van der Waals surface area contributed by atoms with Crippen LogP contribution in [0.3, 0.4) is 0 Å². The minimum atomic E-state index is 0.126. The number of nitrogens with zero attached hydrogens (tertiary/aromatic N) is 2. The number of ketones is 1. The maximum Gasteiger partial charge on any atom is 0.135 e. The van der Waals surface area contributed by atoms with Gasteiger partial charge in [-0.25, -0.2) is 4.98 Å². The minimum absolute atomic E-state index is 0.126. The van der Waals surface area contributed by atoms with Crippen LogP contribution in [0.5, 0.6) is 0 Å². The molecular weight excluding hydrogens is 268 g/mol. The summed E-state index contributed by atoms with van der Waals surface area (Å²) in [5.41, 5.74) is 1.83. The zero-order chi connectivity index (χ0) is 11.5. The van der Waals surface area contributed by atoms with Crippen molar-refractivity contribution in [3.05, 3.63) is 47.0 Å². The molecule has 82 valence electrons. The van der Waals surface area contributed by atoms with Crippen molar-refractivity contribution in [3.8, 4) is 5.69 Å². The Kier molecular flexibility index (Phi) is 3.19. The van der Waals surface area contributed by atoms with E-state index in [4.69, 9.17) is 0 Å². The quantitative estimate of drug-likeness (QED) is 0.866. The summed E-state index contributed by atoms with van der Waals surface area (Å²) in [5, 5.41) is 0. The number of imidazole rings is 1. The van der Waals surface area contributed by atoms with Crippen molar-refractivity contribution in [1.82, 2.24) is 9.55 Å². The predicted molar refractivity (Wildman–Crippen MR) is 65.6 cm³/mol. The first-order valence-electron chi connectivity index (χ1n) is 4.93. The molecule has 4 heteroatoms. The Morgan fingerprint density at radius 2 is 2.06 bits per heavy atom. The van der Waals surface area contributed by atoms with Crippen molar-refractivity contribution in [3.63, 3.8) is 0 Å². The number of carbonyl (C=O) groups is 1. The summed E-state index contributed by atoms with van der Waals surface area (Å²) in [4.78, 5) is 15.1. The Morgan fingerprint density at radius 1 is 1.38 bits per heavy atom. The fraction of sp³-hybridized carbons (Fsp3) is 0.167. The van der Waals surface area contributed by atoms with Gasteiger partial charge in [-0.2, -0.15) is 0 Å². The van der Waals surface area contributed by atoms with Gasteiger partial charge in [0.1, 0.15) is 5.78 Å². The summed E-state index contributed by atoms with van der Waals surface area (Å²) in [6.45, 7) is 1.57. The fourth-order valence-electron chi connectivity index (χ4n) is 1.46. The lowest BCUT2D eigenvalue weighted by molar-refractivity contribution is -0.116. The normalized spacial score (nSPS) is 10.4. The lowest BCUT2D eigenvalue weighted by atomic mass is 10.2. The Morgan fingerprint density at radius 3 is 2.69 bits per heavy atom. The molecule has 0 N–H and O–H groups in total. The average molecular weight is 279 g/mol. The molecule has 1 heterocycles. The Bertz CT molecular complexity index is 502. The van der Waals surface area contributed by atoms with Crippen LogP contribution in [-0.4, -0.2) is 15.3 Å². The van der Waals surface area contributed by atoms with Crippen molar-refractivity contribution in [2.45, 2.75) is 13.3 Å². The topological polar surface area (TPSA) is 34.9 Å². The van der Waals surface area contributed by atoms with Crippen molar-refractivity contribution in [2.75, 3.05) is 0 Å². The SMILES string of the molecule is CC(=O)Cc1cn(-c2ccc(Br)cc2)cn1. The number of benzene rings is 1. The highest BCUT2D eigenvalue weighted by Crippen LogP contribution is 2.14. The molecule has 0 saturated heterocycles. The van der Waals surface area contributed by atoms with Crippen LogP contribution in [0.1, 0.15) is 12.6 Å². The second-order valence-corrected chi connectivity index (χ2v) is 4.54. The molecule has 0 saturated carbocycles. The molecule has 0 aliphatic heterocycles. The van der Waals surface area contributed by atoms with E-state index in [0.29, 0.717) is 6.42 Å². The van der Waals surface area contributed by atoms with Crippen LogP contribution in [-0.2, 0) is 11.2 Å². The third-order valence-corrected chi connectivity index (χ3v) is 2.72. The number of halogens is 1. The highest BCUT2D eigenvalue weighted by Gasteiger charge is 2.03. The maximum absolute atomic E-state index is 10.9. The van der Waals surface area contributed by atoms with Gasteiger partial charge in [-0.15, -0.1) is 0 Å². The zero-order valence-electron chi connectivity index (χ0n) is 8.85. The van der Waals surface area contributed by atoms with Crippen molar-refractivity contribution in [2.24, 2.45) is 0 Å². The molecule has 0 aliphatic carbocycles. The van der Waals surface area contributed by atoms with E-state index in [1.54, 1.807) is 13.3 Å². The number of hydrogen-bond acceptors (Lipinski definition) is 2. The molecule has 0 aliphatic rings. The minimum Gasteiger partial charge on any atom is -0.306 e. The first kappa shape index (κ1) is 11.1. The summed E-state index contributed by atoms with van der Waals surface area (Å²) in [6.07, 6.45) is 4.00. The molecule has 1 aromatic carbocycles. The lowest BCUT2D eigenvalue weighted by Crippen LogP contribution is -1.96. The monoisotopic (exact) mass is 278 g/mol. The molecule has 0 amide bonds. The van der Waals surface area contributed by atoms with Gasteiger partial charge in [0.15, 0.2) is 0 Å². The molecule has 16 heavy (non-hydrogen) atoms. The smallest absolute Gasteiger partial charge is 0.135 e. The van der Waals surface area contributed by atoms with Gasteiger partial charge >= 0.3 is 0 Å². The zero-order valence-corrected chi connectivity index (χ0v) is 10.4. The van der Waals surface area contributed by atoms with Gasteiger partial charge in [0.2, 0.25) is 0 Å². The number of rotatable bonds is 3. The van der Waals surface area contributed by atoms with Crippen LogP contribution in [0, 0.1) is 0 Å². The van der Waals surface area contributed by atoms with E-state index in [1.807, 2.05) is 35.0 Å². The molecule has 0 radical (unpaired) electrons. The highest BCUT2D eigenvalue weighted by molar-refractivity contribution is 9.10. The molecule has 2 aromatic rings. The van der Waals surface area contributed by atoms with Gasteiger partial charge < -0.3 is 4.57 Å². The van der Waals surface area contributed by atoms with Crippen LogP contribution >= 0.6 is 15.9 Å². The van der Waals surface area contributed by atoms with Gasteiger partial charge in [0.05, 0.1) is 12.0 Å². The third-order valence-electron chi connectivity index (χ3n) is 2.19. The Balaban J connectivity index is 2.24. The van der Waals surface area contributed by atoms with Crippen LogP contribution in [0.25, 0.3) is 5.69 Å². The molecule has 2 rings (SSSR count). The Labute approximate surface area is 102 Å². The summed E-state index contributed by atoms with van der Waals surface area (Å²) in [5.74, 6) is 0.126. The van der Waals surface area contributed by atoms with Gasteiger partial charge in [-0.05, 0) is 31.2 Å². The number of aromatic nitrogens is 2. The molecule has 0 bridgehead atoms. The van der Waals surface area contributed by atoms with Gasteiger partial charge in [-0.1, -0.05) is 15.9 Å².